The maximum atomic E-state index is 11.9. The quantitative estimate of drug-likeness (QED) is 0.809. The molecule has 104 valence electrons. The van der Waals surface area contributed by atoms with Crippen molar-refractivity contribution in [1.29, 1.82) is 0 Å². The number of carbonyl (C=O) groups is 1. The molecule has 0 aliphatic heterocycles. The first-order valence-electron chi connectivity index (χ1n) is 6.54. The number of thiophene rings is 1. The van der Waals surface area contributed by atoms with E-state index in [-0.39, 0.29) is 5.91 Å². The Morgan fingerprint density at radius 3 is 2.90 bits per heavy atom. The minimum absolute atomic E-state index is 0.161. The van der Waals surface area contributed by atoms with Gasteiger partial charge in [-0.1, -0.05) is 25.1 Å². The lowest BCUT2D eigenvalue weighted by molar-refractivity contribution is -0.111. The number of benzene rings is 1. The van der Waals surface area contributed by atoms with Crippen LogP contribution >= 0.6 is 11.3 Å². The van der Waals surface area contributed by atoms with Crippen LogP contribution in [0.3, 0.4) is 0 Å². The summed E-state index contributed by atoms with van der Waals surface area (Å²) >= 11 is 1.59. The summed E-state index contributed by atoms with van der Waals surface area (Å²) in [5.74, 6) is 0.540. The zero-order chi connectivity index (χ0) is 14.2. The maximum absolute atomic E-state index is 11.9. The molecule has 0 spiro atoms. The predicted octanol–water partition coefficient (Wildman–Crippen LogP) is 4.19. The van der Waals surface area contributed by atoms with Gasteiger partial charge in [-0.15, -0.1) is 11.3 Å². The van der Waals surface area contributed by atoms with E-state index in [1.54, 1.807) is 17.4 Å². The van der Waals surface area contributed by atoms with E-state index in [0.717, 1.165) is 11.3 Å². The van der Waals surface area contributed by atoms with Gasteiger partial charge in [-0.05, 0) is 36.1 Å². The van der Waals surface area contributed by atoms with Gasteiger partial charge < -0.3 is 10.1 Å². The molecule has 4 heteroatoms. The van der Waals surface area contributed by atoms with Crippen molar-refractivity contribution in [2.45, 2.75) is 13.3 Å². The lowest BCUT2D eigenvalue weighted by atomic mass is 10.3. The summed E-state index contributed by atoms with van der Waals surface area (Å²) in [7, 11) is 0. The zero-order valence-corrected chi connectivity index (χ0v) is 12.2. The summed E-state index contributed by atoms with van der Waals surface area (Å²) in [6.07, 6.45) is 4.26. The van der Waals surface area contributed by atoms with Crippen LogP contribution in [0.5, 0.6) is 5.75 Å². The van der Waals surface area contributed by atoms with Crippen LogP contribution in [0.15, 0.2) is 47.9 Å². The maximum Gasteiger partial charge on any atom is 0.248 e. The van der Waals surface area contributed by atoms with Gasteiger partial charge in [0.05, 0.1) is 12.3 Å². The molecule has 0 aliphatic rings. The SMILES string of the molecule is CCCOc1ccccc1NC(=O)C=Cc1cccs1. The molecule has 0 aliphatic carbocycles. The summed E-state index contributed by atoms with van der Waals surface area (Å²) in [4.78, 5) is 12.9. The Bertz CT molecular complexity index is 576. The van der Waals surface area contributed by atoms with E-state index in [2.05, 4.69) is 5.32 Å². The molecule has 1 aromatic heterocycles. The van der Waals surface area contributed by atoms with Gasteiger partial charge in [-0.25, -0.2) is 0 Å². The first kappa shape index (κ1) is 14.3. The van der Waals surface area contributed by atoms with Crippen molar-refractivity contribution in [2.24, 2.45) is 0 Å². The number of hydrogen-bond donors (Lipinski definition) is 1. The monoisotopic (exact) mass is 287 g/mol. The molecule has 1 aromatic carbocycles. The molecule has 2 aromatic rings. The molecule has 0 fully saturated rings. The van der Waals surface area contributed by atoms with Crippen molar-refractivity contribution >= 4 is 29.0 Å². The van der Waals surface area contributed by atoms with E-state index in [9.17, 15) is 4.79 Å². The summed E-state index contributed by atoms with van der Waals surface area (Å²) in [5.41, 5.74) is 0.696. The number of para-hydroxylation sites is 2. The third kappa shape index (κ3) is 4.24. The average Bonchev–Trinajstić information content (AvgIpc) is 2.97. The number of anilines is 1. The molecule has 1 amide bonds. The predicted molar refractivity (Wildman–Crippen MR) is 84.2 cm³/mol. The highest BCUT2D eigenvalue weighted by Crippen LogP contribution is 2.24. The van der Waals surface area contributed by atoms with E-state index in [1.165, 1.54) is 6.08 Å². The second-order valence-electron chi connectivity index (χ2n) is 4.18. The van der Waals surface area contributed by atoms with E-state index >= 15 is 0 Å². The molecule has 1 heterocycles. The fourth-order valence-corrected chi connectivity index (χ4v) is 2.24. The van der Waals surface area contributed by atoms with Crippen molar-refractivity contribution < 1.29 is 9.53 Å². The zero-order valence-electron chi connectivity index (χ0n) is 11.3. The Morgan fingerprint density at radius 1 is 1.30 bits per heavy atom. The van der Waals surface area contributed by atoms with E-state index < -0.39 is 0 Å². The van der Waals surface area contributed by atoms with Crippen LogP contribution in [-0.4, -0.2) is 12.5 Å². The molecule has 0 unspecified atom stereocenters. The Hall–Kier alpha value is -2.07. The van der Waals surface area contributed by atoms with Crippen LogP contribution in [0.2, 0.25) is 0 Å². The molecule has 3 nitrogen and oxygen atoms in total. The van der Waals surface area contributed by atoms with Crippen LogP contribution < -0.4 is 10.1 Å². The highest BCUT2D eigenvalue weighted by Gasteiger charge is 2.04. The molecule has 0 saturated carbocycles. The Balaban J connectivity index is 2.00. The van der Waals surface area contributed by atoms with Crippen molar-refractivity contribution in [3.63, 3.8) is 0 Å². The Labute approximate surface area is 122 Å². The molecule has 0 atom stereocenters. The largest absolute Gasteiger partial charge is 0.491 e. The van der Waals surface area contributed by atoms with Gasteiger partial charge in [0, 0.05) is 11.0 Å². The van der Waals surface area contributed by atoms with Crippen LogP contribution in [-0.2, 0) is 4.79 Å². The van der Waals surface area contributed by atoms with Gasteiger partial charge in [0.15, 0.2) is 0 Å². The first-order valence-corrected chi connectivity index (χ1v) is 7.42. The second kappa shape index (κ2) is 7.50. The van der Waals surface area contributed by atoms with Crippen LogP contribution in [0.1, 0.15) is 18.2 Å². The van der Waals surface area contributed by atoms with Crippen molar-refractivity contribution in [3.05, 3.63) is 52.7 Å². The number of nitrogens with one attached hydrogen (secondary N) is 1. The molecule has 20 heavy (non-hydrogen) atoms. The highest BCUT2D eigenvalue weighted by molar-refractivity contribution is 7.10. The third-order valence-electron chi connectivity index (χ3n) is 2.55. The third-order valence-corrected chi connectivity index (χ3v) is 3.39. The molecule has 0 radical (unpaired) electrons. The van der Waals surface area contributed by atoms with Gasteiger partial charge in [0.25, 0.3) is 0 Å². The lowest BCUT2D eigenvalue weighted by Gasteiger charge is -2.10. The standard InChI is InChI=1S/C16H17NO2S/c1-2-11-19-15-8-4-3-7-14(15)17-16(18)10-9-13-6-5-12-20-13/h3-10,12H,2,11H2,1H3,(H,17,18). The van der Waals surface area contributed by atoms with E-state index in [4.69, 9.17) is 4.74 Å². The summed E-state index contributed by atoms with van der Waals surface area (Å²) < 4.78 is 5.60. The van der Waals surface area contributed by atoms with E-state index in [1.807, 2.05) is 48.7 Å². The molecule has 2 rings (SSSR count). The fraction of sp³-hybridized carbons (Fsp3) is 0.188. The number of amides is 1. The van der Waals surface area contributed by atoms with Crippen LogP contribution in [0.4, 0.5) is 5.69 Å². The van der Waals surface area contributed by atoms with Crippen molar-refractivity contribution in [1.82, 2.24) is 0 Å². The fourth-order valence-electron chi connectivity index (χ4n) is 1.63. The molecule has 0 bridgehead atoms. The number of ether oxygens (including phenoxy) is 1. The van der Waals surface area contributed by atoms with Gasteiger partial charge >= 0.3 is 0 Å². The van der Waals surface area contributed by atoms with Crippen molar-refractivity contribution in [2.75, 3.05) is 11.9 Å². The van der Waals surface area contributed by atoms with Crippen LogP contribution in [0, 0.1) is 0 Å². The number of rotatable bonds is 6. The summed E-state index contributed by atoms with van der Waals surface area (Å²) in [6, 6.07) is 11.4. The lowest BCUT2D eigenvalue weighted by Crippen LogP contribution is -2.09. The Kier molecular flexibility index (Phi) is 5.38. The molecular formula is C16H17NO2S. The Morgan fingerprint density at radius 2 is 2.15 bits per heavy atom. The highest BCUT2D eigenvalue weighted by atomic mass is 32.1. The van der Waals surface area contributed by atoms with E-state index in [0.29, 0.717) is 18.0 Å². The van der Waals surface area contributed by atoms with Gasteiger partial charge in [-0.3, -0.25) is 4.79 Å². The first-order chi connectivity index (χ1) is 9.79. The smallest absolute Gasteiger partial charge is 0.248 e. The second-order valence-corrected chi connectivity index (χ2v) is 5.16. The van der Waals surface area contributed by atoms with Gasteiger partial charge in [0.2, 0.25) is 5.91 Å². The summed E-state index contributed by atoms with van der Waals surface area (Å²) in [6.45, 7) is 2.68. The molecular weight excluding hydrogens is 270 g/mol. The average molecular weight is 287 g/mol. The van der Waals surface area contributed by atoms with Crippen LogP contribution in [0.25, 0.3) is 6.08 Å². The van der Waals surface area contributed by atoms with Gasteiger partial charge in [-0.2, -0.15) is 0 Å². The number of hydrogen-bond acceptors (Lipinski definition) is 3. The van der Waals surface area contributed by atoms with Gasteiger partial charge in [0.1, 0.15) is 5.75 Å². The molecule has 0 saturated heterocycles. The topological polar surface area (TPSA) is 38.3 Å². The minimum Gasteiger partial charge on any atom is -0.491 e. The normalized spacial score (nSPS) is 10.7. The minimum atomic E-state index is -0.161. The molecule has 1 N–H and O–H groups in total. The summed E-state index contributed by atoms with van der Waals surface area (Å²) in [5, 5.41) is 4.81. The van der Waals surface area contributed by atoms with Crippen molar-refractivity contribution in [3.8, 4) is 5.75 Å². The number of carbonyl (C=O) groups excluding carboxylic acids is 1.